The topological polar surface area (TPSA) is 29.5 Å². The van der Waals surface area contributed by atoms with Gasteiger partial charge in [0, 0.05) is 12.4 Å². The molecule has 0 aromatic rings. The van der Waals surface area contributed by atoms with Gasteiger partial charge in [0.2, 0.25) is 0 Å². The van der Waals surface area contributed by atoms with Crippen LogP contribution in [0, 0.1) is 0 Å². The second kappa shape index (κ2) is 7.48. The zero-order valence-electron chi connectivity index (χ0n) is 7.95. The van der Waals surface area contributed by atoms with E-state index in [1.807, 2.05) is 26.0 Å². The molecule has 0 heterocycles. The number of hydrogen-bond donors (Lipinski definition) is 1. The lowest BCUT2D eigenvalue weighted by Crippen LogP contribution is -1.78. The average molecular weight is 188 g/mol. The molecule has 0 bridgehead atoms. The number of allylic oxidation sites excluding steroid dienone is 4. The second-order valence-corrected chi connectivity index (χ2v) is 4.06. The fourth-order valence-corrected chi connectivity index (χ4v) is 1.35. The van der Waals surface area contributed by atoms with Crippen LogP contribution in [0.25, 0.3) is 0 Å². The van der Waals surface area contributed by atoms with Crippen molar-refractivity contribution < 1.29 is 9.42 Å². The van der Waals surface area contributed by atoms with Crippen LogP contribution >= 0.6 is 8.38 Å². The van der Waals surface area contributed by atoms with Gasteiger partial charge >= 0.3 is 0 Å². The molecule has 0 aliphatic heterocycles. The summed E-state index contributed by atoms with van der Waals surface area (Å²) in [6, 6.07) is 0. The van der Waals surface area contributed by atoms with Crippen molar-refractivity contribution in [3.05, 3.63) is 23.5 Å². The molecule has 0 rings (SSSR count). The van der Waals surface area contributed by atoms with E-state index < -0.39 is 8.38 Å². The summed E-state index contributed by atoms with van der Waals surface area (Å²) >= 11 is 0. The summed E-state index contributed by atoms with van der Waals surface area (Å²) in [5.41, 5.74) is 0. The second-order valence-electron chi connectivity index (χ2n) is 2.45. The molecule has 70 valence electrons. The molecule has 1 atom stereocenters. The van der Waals surface area contributed by atoms with E-state index in [0.717, 1.165) is 18.2 Å². The molecule has 0 aromatic carbocycles. The van der Waals surface area contributed by atoms with Gasteiger partial charge in [0.1, 0.15) is 0 Å². The van der Waals surface area contributed by atoms with Gasteiger partial charge in [-0.2, -0.15) is 0 Å². The lowest BCUT2D eigenvalue weighted by molar-refractivity contribution is 0.397. The van der Waals surface area contributed by atoms with Gasteiger partial charge in [0.05, 0.1) is 0 Å². The van der Waals surface area contributed by atoms with Crippen LogP contribution in [0.4, 0.5) is 0 Å². The van der Waals surface area contributed by atoms with E-state index in [9.17, 15) is 4.89 Å². The van der Waals surface area contributed by atoms with Gasteiger partial charge in [0.25, 0.3) is 0 Å². The Hall–Kier alpha value is -0.170. The molecule has 1 N–H and O–H groups in total. The summed E-state index contributed by atoms with van der Waals surface area (Å²) < 4.78 is 4.80. The molecule has 0 amide bonds. The van der Waals surface area contributed by atoms with Crippen LogP contribution < -0.4 is 0 Å². The fraction of sp³-hybridized carbons (Fsp3) is 0.556. The molecule has 0 aliphatic carbocycles. The number of unbranched alkanes of at least 4 members (excludes halogenated alkanes) is 1. The van der Waals surface area contributed by atoms with E-state index in [0.29, 0.717) is 0 Å². The Balaban J connectivity index is 3.68. The van der Waals surface area contributed by atoms with Crippen LogP contribution in [0.3, 0.4) is 0 Å². The van der Waals surface area contributed by atoms with E-state index in [2.05, 4.69) is 6.08 Å². The highest BCUT2D eigenvalue weighted by Gasteiger charge is 2.02. The maximum atomic E-state index is 9.24. The first-order chi connectivity index (χ1) is 5.72. The van der Waals surface area contributed by atoms with Gasteiger partial charge in [0.15, 0.2) is 8.38 Å². The molecular formula is C9H17O2P. The highest BCUT2D eigenvalue weighted by Crippen LogP contribution is 2.39. The largest absolute Gasteiger partial charge is 0.347 e. The van der Waals surface area contributed by atoms with Crippen LogP contribution in [0.2, 0.25) is 0 Å². The molecular weight excluding hydrogens is 171 g/mol. The van der Waals surface area contributed by atoms with Crippen molar-refractivity contribution in [3.8, 4) is 0 Å². The van der Waals surface area contributed by atoms with Crippen molar-refractivity contribution in [1.29, 1.82) is 0 Å². The Morgan fingerprint density at radius 3 is 2.67 bits per heavy atom. The van der Waals surface area contributed by atoms with Gasteiger partial charge in [-0.3, -0.25) is 0 Å². The van der Waals surface area contributed by atoms with Crippen molar-refractivity contribution in [3.63, 3.8) is 0 Å². The fourth-order valence-electron chi connectivity index (χ4n) is 0.777. The van der Waals surface area contributed by atoms with Crippen molar-refractivity contribution >= 4 is 8.38 Å². The minimum absolute atomic E-state index is 0.942. The number of hydrogen-bond acceptors (Lipinski definition) is 2. The predicted molar refractivity (Wildman–Crippen MR) is 54.0 cm³/mol. The summed E-state index contributed by atoms with van der Waals surface area (Å²) in [4.78, 5) is 9.24. The van der Waals surface area contributed by atoms with E-state index in [4.69, 9.17) is 4.52 Å². The smallest absolute Gasteiger partial charge is 0.197 e. The Bertz CT molecular complexity index is 164. The van der Waals surface area contributed by atoms with E-state index >= 15 is 0 Å². The summed E-state index contributed by atoms with van der Waals surface area (Å²) in [7, 11) is 0.199. The zero-order chi connectivity index (χ0) is 9.40. The predicted octanol–water partition coefficient (Wildman–Crippen LogP) is 3.20. The summed E-state index contributed by atoms with van der Waals surface area (Å²) in [5, 5.41) is 0.942. The average Bonchev–Trinajstić information content (AvgIpc) is 2.10. The highest BCUT2D eigenvalue weighted by atomic mass is 31.2. The third kappa shape index (κ3) is 5.48. The highest BCUT2D eigenvalue weighted by molar-refractivity contribution is 7.50. The van der Waals surface area contributed by atoms with Crippen molar-refractivity contribution in [2.45, 2.75) is 26.7 Å². The maximum Gasteiger partial charge on any atom is 0.197 e. The number of rotatable bonds is 5. The summed E-state index contributed by atoms with van der Waals surface area (Å²) in [5.74, 6) is 0. The van der Waals surface area contributed by atoms with Crippen molar-refractivity contribution in [1.82, 2.24) is 0 Å². The molecule has 0 spiro atoms. The molecule has 0 aliphatic rings. The Kier molecular flexibility index (Phi) is 7.37. The molecule has 3 heteroatoms. The van der Waals surface area contributed by atoms with Gasteiger partial charge in [-0.15, -0.1) is 0 Å². The van der Waals surface area contributed by atoms with E-state index in [1.165, 1.54) is 7.11 Å². The van der Waals surface area contributed by atoms with Crippen molar-refractivity contribution in [2.24, 2.45) is 0 Å². The van der Waals surface area contributed by atoms with Gasteiger partial charge in [-0.25, -0.2) is 0 Å². The first kappa shape index (κ1) is 11.8. The third-order valence-electron chi connectivity index (χ3n) is 1.48. The van der Waals surface area contributed by atoms with Gasteiger partial charge in [-0.05, 0) is 26.7 Å². The van der Waals surface area contributed by atoms with E-state index in [1.54, 1.807) is 0 Å². The minimum atomic E-state index is -1.32. The molecule has 0 saturated heterocycles. The first-order valence-electron chi connectivity index (χ1n) is 4.03. The normalized spacial score (nSPS) is 15.5. The summed E-state index contributed by atoms with van der Waals surface area (Å²) in [6.45, 7) is 3.90. The molecule has 2 nitrogen and oxygen atoms in total. The van der Waals surface area contributed by atoms with Crippen molar-refractivity contribution in [2.75, 3.05) is 7.11 Å². The van der Waals surface area contributed by atoms with Gasteiger partial charge < -0.3 is 9.42 Å². The SMILES string of the molecule is C/C=C\CC/C=C(\C)P(O)OC. The molecule has 0 radical (unpaired) electrons. The Labute approximate surface area is 75.9 Å². The molecule has 0 aromatic heterocycles. The standard InChI is InChI=1S/C9H17O2P/c1-4-5-6-7-8-9(2)12(10)11-3/h4-5,8,10H,6-7H2,1-3H3/b5-4-,9-8+. The molecule has 12 heavy (non-hydrogen) atoms. The lowest BCUT2D eigenvalue weighted by atomic mass is 10.3. The third-order valence-corrected chi connectivity index (χ3v) is 2.62. The molecule has 1 unspecified atom stereocenters. The van der Waals surface area contributed by atoms with Crippen LogP contribution in [0.5, 0.6) is 0 Å². The van der Waals surface area contributed by atoms with Crippen LogP contribution in [-0.4, -0.2) is 12.0 Å². The minimum Gasteiger partial charge on any atom is -0.347 e. The monoisotopic (exact) mass is 188 g/mol. The summed E-state index contributed by atoms with van der Waals surface area (Å²) in [6.07, 6.45) is 8.16. The van der Waals surface area contributed by atoms with Crippen LogP contribution in [0.1, 0.15) is 26.7 Å². The van der Waals surface area contributed by atoms with Crippen LogP contribution in [0.15, 0.2) is 23.5 Å². The zero-order valence-corrected chi connectivity index (χ0v) is 8.84. The Morgan fingerprint density at radius 1 is 1.50 bits per heavy atom. The quantitative estimate of drug-likeness (QED) is 0.408. The first-order valence-corrected chi connectivity index (χ1v) is 5.24. The van der Waals surface area contributed by atoms with E-state index in [-0.39, 0.29) is 0 Å². The Morgan fingerprint density at radius 2 is 2.17 bits per heavy atom. The van der Waals surface area contributed by atoms with Crippen LogP contribution in [-0.2, 0) is 4.52 Å². The molecule has 0 saturated carbocycles. The van der Waals surface area contributed by atoms with Gasteiger partial charge in [-0.1, -0.05) is 18.2 Å². The maximum absolute atomic E-state index is 9.24. The lowest BCUT2D eigenvalue weighted by Gasteiger charge is -2.06. The molecule has 0 fully saturated rings.